The highest BCUT2D eigenvalue weighted by molar-refractivity contribution is 5.98. The Labute approximate surface area is 228 Å². The van der Waals surface area contributed by atoms with Crippen LogP contribution in [0.25, 0.3) is 0 Å². The number of nitrogens with zero attached hydrogens (tertiary/aromatic N) is 1. The number of amides is 1. The third kappa shape index (κ3) is 7.47. The van der Waals surface area contributed by atoms with E-state index in [4.69, 9.17) is 23.7 Å². The molecular weight excluding hydrogens is 504 g/mol. The van der Waals surface area contributed by atoms with E-state index in [0.717, 1.165) is 25.7 Å². The van der Waals surface area contributed by atoms with Crippen LogP contribution in [0.3, 0.4) is 0 Å². The molecule has 2 fully saturated rings. The van der Waals surface area contributed by atoms with Crippen LogP contribution in [0.1, 0.15) is 69.3 Å². The van der Waals surface area contributed by atoms with Crippen molar-refractivity contribution in [2.45, 2.75) is 89.3 Å². The summed E-state index contributed by atoms with van der Waals surface area (Å²) >= 11 is 0. The molecule has 1 aliphatic carbocycles. The lowest BCUT2D eigenvalue weighted by Crippen LogP contribution is -2.47. The van der Waals surface area contributed by atoms with Gasteiger partial charge in [-0.1, -0.05) is 31.0 Å². The third-order valence-electron chi connectivity index (χ3n) is 6.94. The standard InChI is InChI=1S/C29H36N2O8/c1-18-26(39-21-10-5-4-6-11-21)24(38-20-12-7-8-13-20)15-9-14-22(29(34)36-18)31-28(33)25-27(37-19(2)32)23(35-3)16-17-30-25/h4-6,10-11,16-18,20,22,24,26H,7-9,12-15H2,1-3H3,(H,31,33)/t18-,22-,24-,26-/m0/s1. The van der Waals surface area contributed by atoms with Crippen LogP contribution in [0.2, 0.25) is 0 Å². The molecule has 1 aromatic heterocycles. The second-order valence-electron chi connectivity index (χ2n) is 9.86. The summed E-state index contributed by atoms with van der Waals surface area (Å²) in [6, 6.07) is 9.93. The van der Waals surface area contributed by atoms with Gasteiger partial charge < -0.3 is 29.0 Å². The molecule has 0 bridgehead atoms. The van der Waals surface area contributed by atoms with Gasteiger partial charge >= 0.3 is 11.9 Å². The first-order valence-electron chi connectivity index (χ1n) is 13.5. The number of esters is 2. The number of hydrogen-bond donors (Lipinski definition) is 1. The molecule has 1 aliphatic heterocycles. The second kappa shape index (κ2) is 13.4. The van der Waals surface area contributed by atoms with Crippen molar-refractivity contribution in [3.8, 4) is 17.2 Å². The van der Waals surface area contributed by atoms with Crippen LogP contribution >= 0.6 is 0 Å². The average molecular weight is 541 g/mol. The molecule has 2 heterocycles. The first-order chi connectivity index (χ1) is 18.9. The minimum atomic E-state index is -0.944. The van der Waals surface area contributed by atoms with Crippen molar-refractivity contribution in [2.75, 3.05) is 7.11 Å². The van der Waals surface area contributed by atoms with Crippen molar-refractivity contribution < 1.29 is 38.1 Å². The minimum absolute atomic E-state index is 0.115. The molecule has 10 heteroatoms. The van der Waals surface area contributed by atoms with Gasteiger partial charge in [0.1, 0.15) is 17.9 Å². The van der Waals surface area contributed by atoms with Crippen LogP contribution in [0, 0.1) is 0 Å². The van der Waals surface area contributed by atoms with Crippen molar-refractivity contribution in [2.24, 2.45) is 0 Å². The molecule has 1 N–H and O–H groups in total. The number of benzene rings is 1. The van der Waals surface area contributed by atoms with Gasteiger partial charge in [0.2, 0.25) is 5.75 Å². The lowest BCUT2D eigenvalue weighted by Gasteiger charge is -2.33. The maximum atomic E-state index is 13.3. The zero-order chi connectivity index (χ0) is 27.8. The van der Waals surface area contributed by atoms with Crippen LogP contribution in [0.4, 0.5) is 0 Å². The van der Waals surface area contributed by atoms with Gasteiger partial charge in [-0.15, -0.1) is 0 Å². The number of nitrogens with one attached hydrogen (secondary N) is 1. The molecule has 1 amide bonds. The number of methoxy groups -OCH3 is 1. The smallest absolute Gasteiger partial charge is 0.329 e. The van der Waals surface area contributed by atoms with Gasteiger partial charge in [0.25, 0.3) is 5.91 Å². The maximum absolute atomic E-state index is 13.3. The Kier molecular flexibility index (Phi) is 9.75. The summed E-state index contributed by atoms with van der Waals surface area (Å²) in [4.78, 5) is 42.2. The zero-order valence-corrected chi connectivity index (χ0v) is 22.6. The number of ether oxygens (including phenoxy) is 5. The molecule has 210 valence electrons. The van der Waals surface area contributed by atoms with Crippen molar-refractivity contribution in [1.29, 1.82) is 0 Å². The van der Waals surface area contributed by atoms with Gasteiger partial charge in [-0.25, -0.2) is 9.78 Å². The predicted octanol–water partition coefficient (Wildman–Crippen LogP) is 4.00. The van der Waals surface area contributed by atoms with Crippen LogP contribution in [-0.2, 0) is 19.1 Å². The van der Waals surface area contributed by atoms with E-state index in [-0.39, 0.29) is 29.4 Å². The Morgan fingerprint density at radius 1 is 1.03 bits per heavy atom. The Balaban J connectivity index is 1.53. The zero-order valence-electron chi connectivity index (χ0n) is 22.6. The van der Waals surface area contributed by atoms with E-state index in [2.05, 4.69) is 10.3 Å². The van der Waals surface area contributed by atoms with Crippen molar-refractivity contribution in [3.05, 3.63) is 48.3 Å². The van der Waals surface area contributed by atoms with Crippen LogP contribution in [0.5, 0.6) is 17.2 Å². The molecule has 0 radical (unpaired) electrons. The summed E-state index contributed by atoms with van der Waals surface area (Å²) in [5, 5.41) is 2.71. The highest BCUT2D eigenvalue weighted by Gasteiger charge is 2.38. The third-order valence-corrected chi connectivity index (χ3v) is 6.94. The Bertz CT molecular complexity index is 1140. The number of rotatable bonds is 8. The van der Waals surface area contributed by atoms with Gasteiger partial charge in [-0.3, -0.25) is 9.59 Å². The summed E-state index contributed by atoms with van der Waals surface area (Å²) < 4.78 is 29.1. The number of pyridine rings is 1. The van der Waals surface area contributed by atoms with E-state index in [0.29, 0.717) is 25.0 Å². The number of carbonyl (C=O) groups excluding carboxylic acids is 3. The van der Waals surface area contributed by atoms with Crippen molar-refractivity contribution in [3.63, 3.8) is 0 Å². The molecular formula is C29H36N2O8. The SMILES string of the molecule is COc1ccnc(C(=O)N[C@H]2CCC[C@H](OC3CCCC3)[C@@H](Oc3ccccc3)[C@H](C)OC2=O)c1OC(C)=O. The number of para-hydroxylation sites is 1. The topological polar surface area (TPSA) is 122 Å². The summed E-state index contributed by atoms with van der Waals surface area (Å²) in [5.41, 5.74) is -0.169. The molecule has 10 nitrogen and oxygen atoms in total. The number of hydrogen-bond acceptors (Lipinski definition) is 9. The van der Waals surface area contributed by atoms with E-state index in [1.165, 1.54) is 26.3 Å². The Morgan fingerprint density at radius 2 is 1.77 bits per heavy atom. The maximum Gasteiger partial charge on any atom is 0.329 e. The van der Waals surface area contributed by atoms with E-state index < -0.39 is 36.1 Å². The van der Waals surface area contributed by atoms with Gasteiger partial charge in [0.05, 0.1) is 19.3 Å². The highest BCUT2D eigenvalue weighted by Crippen LogP contribution is 2.31. The monoisotopic (exact) mass is 540 g/mol. The normalized spacial score (nSPS) is 24.0. The van der Waals surface area contributed by atoms with Gasteiger partial charge in [0.15, 0.2) is 17.5 Å². The summed E-state index contributed by atoms with van der Waals surface area (Å²) in [7, 11) is 1.39. The second-order valence-corrected chi connectivity index (χ2v) is 9.86. The fourth-order valence-corrected chi connectivity index (χ4v) is 5.04. The van der Waals surface area contributed by atoms with E-state index >= 15 is 0 Å². The summed E-state index contributed by atoms with van der Waals surface area (Å²) in [5.74, 6) is -1.19. The lowest BCUT2D eigenvalue weighted by molar-refractivity contribution is -0.161. The molecule has 0 unspecified atom stereocenters. The Hall–Kier alpha value is -3.66. The molecule has 1 saturated carbocycles. The molecule has 1 aromatic carbocycles. The van der Waals surface area contributed by atoms with Crippen molar-refractivity contribution >= 4 is 17.8 Å². The van der Waals surface area contributed by atoms with E-state index in [1.807, 2.05) is 30.3 Å². The number of cyclic esters (lactones) is 1. The minimum Gasteiger partial charge on any atom is -0.493 e. The molecule has 4 rings (SSSR count). The lowest BCUT2D eigenvalue weighted by atomic mass is 10.0. The molecule has 0 spiro atoms. The van der Waals surface area contributed by atoms with Gasteiger partial charge in [-0.2, -0.15) is 0 Å². The fourth-order valence-electron chi connectivity index (χ4n) is 5.04. The average Bonchev–Trinajstić information content (AvgIpc) is 3.44. The Morgan fingerprint density at radius 3 is 2.46 bits per heavy atom. The first kappa shape index (κ1) is 28.4. The highest BCUT2D eigenvalue weighted by atomic mass is 16.6. The van der Waals surface area contributed by atoms with E-state index in [9.17, 15) is 14.4 Å². The molecule has 4 atom stereocenters. The van der Waals surface area contributed by atoms with E-state index in [1.54, 1.807) is 6.92 Å². The van der Waals surface area contributed by atoms with Crippen molar-refractivity contribution in [1.82, 2.24) is 10.3 Å². The first-order valence-corrected chi connectivity index (χ1v) is 13.5. The fraction of sp³-hybridized carbons (Fsp3) is 0.517. The molecule has 39 heavy (non-hydrogen) atoms. The van der Waals surface area contributed by atoms with Crippen LogP contribution in [-0.4, -0.2) is 60.4 Å². The largest absolute Gasteiger partial charge is 0.493 e. The molecule has 2 aliphatic rings. The quantitative estimate of drug-likeness (QED) is 0.495. The molecule has 1 saturated heterocycles. The van der Waals surface area contributed by atoms with Gasteiger partial charge in [0, 0.05) is 19.2 Å². The number of carbonyl (C=O) groups is 3. The summed E-state index contributed by atoms with van der Waals surface area (Å²) in [6.45, 7) is 2.99. The van der Waals surface area contributed by atoms with Crippen LogP contribution < -0.4 is 19.5 Å². The molecule has 2 aromatic rings. The predicted molar refractivity (Wildman–Crippen MR) is 141 cm³/mol. The number of aromatic nitrogens is 1. The van der Waals surface area contributed by atoms with Crippen LogP contribution in [0.15, 0.2) is 42.6 Å². The summed E-state index contributed by atoms with van der Waals surface area (Å²) in [6.07, 6.45) is 5.85. The van der Waals surface area contributed by atoms with Gasteiger partial charge in [-0.05, 0) is 51.2 Å².